The first kappa shape index (κ1) is 15.1. The molecule has 6 aromatic rings. The number of benzene rings is 4. The molecule has 3 heteroatoms. The normalized spacial score (nSPS) is 11.9. The molecular formula is C24H14BrNO. The van der Waals surface area contributed by atoms with E-state index in [0.29, 0.717) is 0 Å². The monoisotopic (exact) mass is 411 g/mol. The highest BCUT2D eigenvalue weighted by Crippen LogP contribution is 2.42. The third kappa shape index (κ3) is 2.00. The van der Waals surface area contributed by atoms with E-state index in [0.717, 1.165) is 43.0 Å². The number of furan rings is 1. The van der Waals surface area contributed by atoms with Gasteiger partial charge < -0.3 is 8.98 Å². The fraction of sp³-hybridized carbons (Fsp3) is 0. The quantitative estimate of drug-likeness (QED) is 0.274. The van der Waals surface area contributed by atoms with Gasteiger partial charge in [-0.25, -0.2) is 0 Å². The van der Waals surface area contributed by atoms with Crippen molar-refractivity contribution in [1.82, 2.24) is 4.57 Å². The van der Waals surface area contributed by atoms with E-state index < -0.39 is 0 Å². The van der Waals surface area contributed by atoms with Gasteiger partial charge in [0.15, 0.2) is 0 Å². The zero-order valence-corrected chi connectivity index (χ0v) is 15.9. The fourth-order valence-electron chi connectivity index (χ4n) is 4.14. The number of fused-ring (bicyclic) bond motifs is 7. The predicted molar refractivity (Wildman–Crippen MR) is 116 cm³/mol. The van der Waals surface area contributed by atoms with E-state index in [1.54, 1.807) is 0 Å². The number of para-hydroxylation sites is 2. The van der Waals surface area contributed by atoms with Crippen LogP contribution in [0.1, 0.15) is 0 Å². The molecule has 0 aliphatic carbocycles. The molecule has 4 aromatic carbocycles. The van der Waals surface area contributed by atoms with Crippen molar-refractivity contribution in [2.24, 2.45) is 0 Å². The summed E-state index contributed by atoms with van der Waals surface area (Å²) in [6.07, 6.45) is 0. The van der Waals surface area contributed by atoms with Crippen LogP contribution in [0.5, 0.6) is 0 Å². The molecule has 0 bridgehead atoms. The molecule has 0 spiro atoms. The largest absolute Gasteiger partial charge is 0.455 e. The molecular weight excluding hydrogens is 398 g/mol. The second-order valence-corrected chi connectivity index (χ2v) is 7.59. The first-order chi connectivity index (χ1) is 13.3. The molecule has 0 amide bonds. The molecule has 0 aliphatic heterocycles. The smallest absolute Gasteiger partial charge is 0.145 e. The molecule has 0 fully saturated rings. The third-order valence-corrected chi connectivity index (χ3v) is 5.92. The van der Waals surface area contributed by atoms with Gasteiger partial charge in [0.25, 0.3) is 0 Å². The maximum Gasteiger partial charge on any atom is 0.145 e. The highest BCUT2D eigenvalue weighted by Gasteiger charge is 2.19. The highest BCUT2D eigenvalue weighted by atomic mass is 79.9. The Kier molecular flexibility index (Phi) is 3.06. The Balaban J connectivity index is 1.91. The van der Waals surface area contributed by atoms with Crippen molar-refractivity contribution in [3.63, 3.8) is 0 Å². The van der Waals surface area contributed by atoms with Crippen molar-refractivity contribution in [3.05, 3.63) is 89.4 Å². The summed E-state index contributed by atoms with van der Waals surface area (Å²) < 4.78 is 9.73. The van der Waals surface area contributed by atoms with Crippen molar-refractivity contribution >= 4 is 59.7 Å². The molecule has 27 heavy (non-hydrogen) atoms. The van der Waals surface area contributed by atoms with Crippen LogP contribution < -0.4 is 0 Å². The number of rotatable bonds is 1. The average molecular weight is 412 g/mol. The molecule has 2 heterocycles. The zero-order valence-electron chi connectivity index (χ0n) is 14.3. The van der Waals surface area contributed by atoms with Gasteiger partial charge in [-0.2, -0.15) is 0 Å². The average Bonchev–Trinajstić information content (AvgIpc) is 3.25. The van der Waals surface area contributed by atoms with Crippen molar-refractivity contribution < 1.29 is 4.42 Å². The van der Waals surface area contributed by atoms with Crippen LogP contribution in [-0.2, 0) is 0 Å². The minimum Gasteiger partial charge on any atom is -0.455 e. The summed E-state index contributed by atoms with van der Waals surface area (Å²) in [5.41, 5.74) is 5.33. The molecule has 2 nitrogen and oxygen atoms in total. The first-order valence-corrected chi connectivity index (χ1v) is 9.70. The maximum absolute atomic E-state index is 6.34. The molecule has 0 radical (unpaired) electrons. The van der Waals surface area contributed by atoms with E-state index in [-0.39, 0.29) is 0 Å². The molecule has 0 atom stereocenters. The molecule has 0 N–H and O–H groups in total. The Morgan fingerprint density at radius 2 is 1.41 bits per heavy atom. The standard InChI is InChI=1S/C24H14BrNO/c25-18-10-6-11-19-22(18)23-20(26(19)15-7-2-1-3-8-15)14-13-17-16-9-4-5-12-21(16)27-24(17)23/h1-14H. The lowest BCUT2D eigenvalue weighted by Gasteiger charge is -2.07. The number of halogens is 1. The van der Waals surface area contributed by atoms with Crippen LogP contribution in [0.4, 0.5) is 0 Å². The van der Waals surface area contributed by atoms with Gasteiger partial charge in [0.1, 0.15) is 11.2 Å². The van der Waals surface area contributed by atoms with Crippen LogP contribution in [0.25, 0.3) is 49.4 Å². The van der Waals surface area contributed by atoms with Gasteiger partial charge >= 0.3 is 0 Å². The van der Waals surface area contributed by atoms with Crippen LogP contribution in [0.3, 0.4) is 0 Å². The molecule has 0 saturated heterocycles. The van der Waals surface area contributed by atoms with Gasteiger partial charge in [-0.05, 0) is 42.5 Å². The van der Waals surface area contributed by atoms with Gasteiger partial charge in [-0.3, -0.25) is 0 Å². The van der Waals surface area contributed by atoms with Gasteiger partial charge in [0, 0.05) is 26.3 Å². The summed E-state index contributed by atoms with van der Waals surface area (Å²) in [5.74, 6) is 0. The van der Waals surface area contributed by atoms with Gasteiger partial charge in [0.05, 0.1) is 16.4 Å². The Morgan fingerprint density at radius 1 is 0.630 bits per heavy atom. The molecule has 2 aromatic heterocycles. The predicted octanol–water partition coefficient (Wildman–Crippen LogP) is 7.45. The van der Waals surface area contributed by atoms with Crippen LogP contribution in [-0.4, -0.2) is 4.57 Å². The van der Waals surface area contributed by atoms with E-state index in [1.807, 2.05) is 18.2 Å². The number of hydrogen-bond donors (Lipinski definition) is 0. The minimum atomic E-state index is 0.924. The van der Waals surface area contributed by atoms with Gasteiger partial charge in [0.2, 0.25) is 0 Å². The number of aromatic nitrogens is 1. The molecule has 0 unspecified atom stereocenters. The Bertz CT molecular complexity index is 1470. The summed E-state index contributed by atoms with van der Waals surface area (Å²) in [5, 5.41) is 4.64. The van der Waals surface area contributed by atoms with Crippen LogP contribution in [0.15, 0.2) is 93.8 Å². The third-order valence-electron chi connectivity index (χ3n) is 5.26. The summed E-state index contributed by atoms with van der Waals surface area (Å²) in [6.45, 7) is 0. The van der Waals surface area contributed by atoms with Crippen molar-refractivity contribution in [1.29, 1.82) is 0 Å². The molecule has 0 saturated carbocycles. The van der Waals surface area contributed by atoms with E-state index in [9.17, 15) is 0 Å². The lowest BCUT2D eigenvalue weighted by molar-refractivity contribution is 0.673. The van der Waals surface area contributed by atoms with Crippen LogP contribution in [0, 0.1) is 0 Å². The zero-order chi connectivity index (χ0) is 18.0. The second kappa shape index (κ2) is 5.48. The topological polar surface area (TPSA) is 18.1 Å². The first-order valence-electron chi connectivity index (χ1n) is 8.91. The van der Waals surface area contributed by atoms with Gasteiger partial charge in [-0.15, -0.1) is 0 Å². The van der Waals surface area contributed by atoms with Crippen LogP contribution >= 0.6 is 15.9 Å². The Labute approximate surface area is 163 Å². The lowest BCUT2D eigenvalue weighted by Crippen LogP contribution is -1.92. The summed E-state index contributed by atoms with van der Waals surface area (Å²) in [7, 11) is 0. The Hall–Kier alpha value is -3.04. The number of hydrogen-bond acceptors (Lipinski definition) is 1. The van der Waals surface area contributed by atoms with E-state index in [1.165, 1.54) is 10.9 Å². The van der Waals surface area contributed by atoms with Crippen molar-refractivity contribution in [2.75, 3.05) is 0 Å². The fourth-order valence-corrected chi connectivity index (χ4v) is 4.69. The van der Waals surface area contributed by atoms with Crippen molar-refractivity contribution in [2.45, 2.75) is 0 Å². The maximum atomic E-state index is 6.34. The molecule has 0 aliphatic rings. The summed E-state index contributed by atoms with van der Waals surface area (Å²) in [4.78, 5) is 0. The van der Waals surface area contributed by atoms with E-state index in [4.69, 9.17) is 4.42 Å². The molecule has 6 rings (SSSR count). The summed E-state index contributed by atoms with van der Waals surface area (Å²) >= 11 is 3.78. The van der Waals surface area contributed by atoms with Crippen molar-refractivity contribution in [3.8, 4) is 5.69 Å². The SMILES string of the molecule is Brc1cccc2c1c1c3oc4ccccc4c3ccc1n2-c1ccccc1. The lowest BCUT2D eigenvalue weighted by atomic mass is 10.1. The highest BCUT2D eigenvalue weighted by molar-refractivity contribution is 9.10. The van der Waals surface area contributed by atoms with Gasteiger partial charge in [-0.1, -0.05) is 58.4 Å². The Morgan fingerprint density at radius 3 is 2.30 bits per heavy atom. The van der Waals surface area contributed by atoms with E-state index >= 15 is 0 Å². The van der Waals surface area contributed by atoms with Crippen LogP contribution in [0.2, 0.25) is 0 Å². The minimum absolute atomic E-state index is 0.924. The number of nitrogens with zero attached hydrogens (tertiary/aromatic N) is 1. The molecule has 128 valence electrons. The van der Waals surface area contributed by atoms with E-state index in [2.05, 4.69) is 87.2 Å². The second-order valence-electron chi connectivity index (χ2n) is 6.74. The summed E-state index contributed by atoms with van der Waals surface area (Å²) in [6, 6.07) is 29.4.